The second-order valence-corrected chi connectivity index (χ2v) is 10.4. The predicted molar refractivity (Wildman–Crippen MR) is 135 cm³/mol. The van der Waals surface area contributed by atoms with E-state index in [0.717, 1.165) is 32.1 Å². The number of Topliss-reactive ketones (excluding diaryl/α,β-unsaturated/α-hetero) is 1. The molecule has 4 atom stereocenters. The largest absolute Gasteiger partial charge is 0.348 e. The van der Waals surface area contributed by atoms with Gasteiger partial charge in [0.2, 0.25) is 17.7 Å². The summed E-state index contributed by atoms with van der Waals surface area (Å²) in [6, 6.07) is -2.46. The highest BCUT2D eigenvalue weighted by Gasteiger charge is 2.32. The average Bonchev–Trinajstić information content (AvgIpc) is 3.34. The number of carbonyl (C=O) groups is 5. The van der Waals surface area contributed by atoms with Crippen molar-refractivity contribution in [2.75, 3.05) is 0 Å². The molecule has 0 spiro atoms. The molecule has 0 aromatic carbocycles. The lowest BCUT2D eigenvalue weighted by molar-refractivity contribution is -0.135. The fourth-order valence-corrected chi connectivity index (χ4v) is 4.65. The molecule has 1 aromatic rings. The molecule has 0 saturated heterocycles. The van der Waals surface area contributed by atoms with E-state index in [1.807, 2.05) is 13.8 Å². The van der Waals surface area contributed by atoms with Gasteiger partial charge in [0.15, 0.2) is 0 Å². The fourth-order valence-electron chi connectivity index (χ4n) is 4.65. The molecule has 2 rings (SSSR count). The van der Waals surface area contributed by atoms with E-state index >= 15 is 0 Å². The summed E-state index contributed by atoms with van der Waals surface area (Å²) in [5, 5.41) is 8.35. The summed E-state index contributed by atoms with van der Waals surface area (Å²) in [7, 11) is 0. The summed E-state index contributed by atoms with van der Waals surface area (Å²) in [6.07, 6.45) is 9.89. The van der Waals surface area contributed by atoms with Crippen LogP contribution in [0.4, 0.5) is 0 Å². The Labute approximate surface area is 213 Å². The third-order valence-electron chi connectivity index (χ3n) is 6.70. The van der Waals surface area contributed by atoms with E-state index < -0.39 is 35.9 Å². The van der Waals surface area contributed by atoms with Crippen LogP contribution in [-0.2, 0) is 30.4 Å². The van der Waals surface area contributed by atoms with E-state index in [0.29, 0.717) is 24.3 Å². The number of nitrogens with zero attached hydrogens (tertiary/aromatic N) is 1. The molecule has 200 valence electrons. The Bertz CT molecular complexity index is 879. The van der Waals surface area contributed by atoms with Crippen LogP contribution in [-0.4, -0.2) is 57.9 Å². The first kappa shape index (κ1) is 29.2. The minimum absolute atomic E-state index is 0.0917. The van der Waals surface area contributed by atoms with Crippen molar-refractivity contribution in [3.63, 3.8) is 0 Å². The maximum absolute atomic E-state index is 13.3. The Hall–Kier alpha value is -3.04. The smallest absolute Gasteiger partial charge is 0.243 e. The van der Waals surface area contributed by atoms with Crippen molar-refractivity contribution in [3.8, 4) is 0 Å². The summed E-state index contributed by atoms with van der Waals surface area (Å²) in [5.41, 5.74) is 0.711. The number of aromatic nitrogens is 2. The van der Waals surface area contributed by atoms with Crippen LogP contribution in [0.15, 0.2) is 12.5 Å². The van der Waals surface area contributed by atoms with Gasteiger partial charge in [0.05, 0.1) is 12.4 Å². The van der Waals surface area contributed by atoms with E-state index in [-0.39, 0.29) is 30.4 Å². The number of H-pyrrole nitrogens is 1. The minimum atomic E-state index is -0.861. The van der Waals surface area contributed by atoms with Crippen molar-refractivity contribution >= 4 is 29.8 Å². The topological polar surface area (TPSA) is 150 Å². The van der Waals surface area contributed by atoms with Crippen molar-refractivity contribution in [1.82, 2.24) is 25.9 Å². The van der Waals surface area contributed by atoms with Gasteiger partial charge in [0, 0.05) is 30.7 Å². The van der Waals surface area contributed by atoms with Crippen LogP contribution in [0.2, 0.25) is 0 Å². The maximum atomic E-state index is 13.3. The van der Waals surface area contributed by atoms with E-state index in [2.05, 4.69) is 25.9 Å². The number of amides is 3. The molecule has 1 saturated carbocycles. The molecule has 3 amide bonds. The van der Waals surface area contributed by atoms with Gasteiger partial charge in [-0.05, 0) is 25.2 Å². The Balaban J connectivity index is 2.12. The number of aromatic amines is 1. The highest BCUT2D eigenvalue weighted by Crippen LogP contribution is 2.27. The second kappa shape index (κ2) is 14.5. The first-order chi connectivity index (χ1) is 17.1. The van der Waals surface area contributed by atoms with Crippen molar-refractivity contribution in [1.29, 1.82) is 0 Å². The number of imidazole rings is 1. The van der Waals surface area contributed by atoms with E-state index in [1.54, 1.807) is 13.1 Å². The molecule has 0 unspecified atom stereocenters. The Morgan fingerprint density at radius 3 is 2.28 bits per heavy atom. The molecule has 10 heteroatoms. The zero-order chi connectivity index (χ0) is 26.7. The van der Waals surface area contributed by atoms with Gasteiger partial charge in [-0.2, -0.15) is 0 Å². The second-order valence-electron chi connectivity index (χ2n) is 10.4. The van der Waals surface area contributed by atoms with E-state index in [4.69, 9.17) is 0 Å². The third-order valence-corrected chi connectivity index (χ3v) is 6.70. The first-order valence-corrected chi connectivity index (χ1v) is 12.9. The Morgan fingerprint density at radius 2 is 1.72 bits per heavy atom. The molecule has 1 aliphatic carbocycles. The van der Waals surface area contributed by atoms with Gasteiger partial charge < -0.3 is 30.5 Å². The molecule has 36 heavy (non-hydrogen) atoms. The van der Waals surface area contributed by atoms with Gasteiger partial charge >= 0.3 is 0 Å². The van der Waals surface area contributed by atoms with Gasteiger partial charge in [0.25, 0.3) is 0 Å². The van der Waals surface area contributed by atoms with E-state index in [1.165, 1.54) is 13.3 Å². The zero-order valence-corrected chi connectivity index (χ0v) is 21.8. The molecule has 4 N–H and O–H groups in total. The SMILES string of the molecule is CC(=O)C[C@@H](C)C(=O)N[C@H](C(=O)N[C@@H](CC1CCCCC1)C(=O)N[C@H](C=O)Cc1cnc[nH]1)C(C)C. The standard InChI is InChI=1S/C26H41N5O5/c1-16(2)23(31-24(34)17(3)10-18(4)33)26(36)30-22(11-19-8-6-5-7-9-19)25(35)29-21(14-32)12-20-13-27-15-28-20/h13-17,19,21-23H,5-12H2,1-4H3,(H,27,28)(H,29,35)(H,30,36)(H,31,34)/t17-,21+,22+,23+/m1/s1. The van der Waals surface area contributed by atoms with Crippen LogP contribution in [0.3, 0.4) is 0 Å². The third kappa shape index (κ3) is 9.54. The lowest BCUT2D eigenvalue weighted by Gasteiger charge is -2.30. The summed E-state index contributed by atoms with van der Waals surface area (Å²) in [4.78, 5) is 69.0. The monoisotopic (exact) mass is 503 g/mol. The number of carbonyl (C=O) groups excluding carboxylic acids is 5. The van der Waals surface area contributed by atoms with Gasteiger partial charge in [0.1, 0.15) is 24.2 Å². The maximum Gasteiger partial charge on any atom is 0.243 e. The lowest BCUT2D eigenvalue weighted by atomic mass is 9.84. The molecule has 0 aliphatic heterocycles. The molecule has 0 radical (unpaired) electrons. The van der Waals surface area contributed by atoms with Crippen LogP contribution in [0, 0.1) is 17.8 Å². The number of rotatable bonds is 14. The molecular formula is C26H41N5O5. The van der Waals surface area contributed by atoms with Crippen LogP contribution in [0.1, 0.15) is 78.3 Å². The van der Waals surface area contributed by atoms with Crippen molar-refractivity contribution in [2.24, 2.45) is 17.8 Å². The summed E-state index contributed by atoms with van der Waals surface area (Å²) < 4.78 is 0. The minimum Gasteiger partial charge on any atom is -0.348 e. The van der Waals surface area contributed by atoms with Gasteiger partial charge in [-0.3, -0.25) is 14.4 Å². The summed E-state index contributed by atoms with van der Waals surface area (Å²) in [6.45, 7) is 6.68. The normalized spacial score (nSPS) is 17.5. The molecule has 0 bridgehead atoms. The highest BCUT2D eigenvalue weighted by atomic mass is 16.2. The zero-order valence-electron chi connectivity index (χ0n) is 21.8. The van der Waals surface area contributed by atoms with Gasteiger partial charge in [-0.15, -0.1) is 0 Å². The summed E-state index contributed by atoms with van der Waals surface area (Å²) in [5.74, 6) is -1.88. The lowest BCUT2D eigenvalue weighted by Crippen LogP contribution is -2.57. The fraction of sp³-hybridized carbons (Fsp3) is 0.692. The van der Waals surface area contributed by atoms with Crippen LogP contribution in [0.5, 0.6) is 0 Å². The molecular weight excluding hydrogens is 462 g/mol. The van der Waals surface area contributed by atoms with E-state index in [9.17, 15) is 24.0 Å². The average molecular weight is 504 g/mol. The van der Waals surface area contributed by atoms with Gasteiger partial charge in [-0.1, -0.05) is 52.9 Å². The molecule has 1 fully saturated rings. The number of hydrogen-bond acceptors (Lipinski definition) is 6. The first-order valence-electron chi connectivity index (χ1n) is 12.9. The number of ketones is 1. The molecule has 1 aromatic heterocycles. The molecule has 1 aliphatic rings. The van der Waals surface area contributed by atoms with Crippen LogP contribution >= 0.6 is 0 Å². The Kier molecular flexibility index (Phi) is 11.8. The predicted octanol–water partition coefficient (Wildman–Crippen LogP) is 1.85. The van der Waals surface area contributed by atoms with Gasteiger partial charge in [-0.25, -0.2) is 4.98 Å². The Morgan fingerprint density at radius 1 is 1.03 bits per heavy atom. The van der Waals surface area contributed by atoms with Crippen LogP contribution < -0.4 is 16.0 Å². The van der Waals surface area contributed by atoms with Crippen molar-refractivity contribution < 1.29 is 24.0 Å². The quantitative estimate of drug-likeness (QED) is 0.285. The number of hydrogen-bond donors (Lipinski definition) is 4. The molecule has 1 heterocycles. The van der Waals surface area contributed by atoms with Crippen molar-refractivity contribution in [3.05, 3.63) is 18.2 Å². The summed E-state index contributed by atoms with van der Waals surface area (Å²) >= 11 is 0. The molecule has 10 nitrogen and oxygen atoms in total. The number of aldehydes is 1. The van der Waals surface area contributed by atoms with Crippen LogP contribution in [0.25, 0.3) is 0 Å². The number of nitrogens with one attached hydrogen (secondary N) is 4. The highest BCUT2D eigenvalue weighted by molar-refractivity contribution is 5.94. The van der Waals surface area contributed by atoms with Crippen molar-refractivity contribution in [2.45, 2.75) is 97.2 Å².